The molecule has 1 aliphatic carbocycles. The Balaban J connectivity index is 1.76. The lowest BCUT2D eigenvalue weighted by Gasteiger charge is -2.20. The summed E-state index contributed by atoms with van der Waals surface area (Å²) in [6, 6.07) is 4.86. The van der Waals surface area contributed by atoms with Gasteiger partial charge in [-0.05, 0) is 53.4 Å². The summed E-state index contributed by atoms with van der Waals surface area (Å²) >= 11 is 3.55. The second kappa shape index (κ2) is 5.55. The largest absolute Gasteiger partial charge is 0.486 e. The Morgan fingerprint density at radius 3 is 2.95 bits per heavy atom. The van der Waals surface area contributed by atoms with Crippen LogP contribution in [0, 0.1) is 0 Å². The van der Waals surface area contributed by atoms with Gasteiger partial charge >= 0.3 is 0 Å². The van der Waals surface area contributed by atoms with Crippen LogP contribution in [0.4, 0.5) is 0 Å². The summed E-state index contributed by atoms with van der Waals surface area (Å²) < 4.78 is 12.2. The number of nitrogens with one attached hydrogen (secondary N) is 1. The second-order valence-electron chi connectivity index (χ2n) is 5.17. The molecule has 1 heterocycles. The SMILES string of the molecule is CC(=Cc1cc(Br)c2c(c1)OCCO2)CNC1CC1. The summed E-state index contributed by atoms with van der Waals surface area (Å²) in [6.07, 6.45) is 4.84. The third kappa shape index (κ3) is 3.31. The zero-order valence-corrected chi connectivity index (χ0v) is 12.6. The number of halogens is 1. The zero-order valence-electron chi connectivity index (χ0n) is 11.0. The second-order valence-corrected chi connectivity index (χ2v) is 6.03. The van der Waals surface area contributed by atoms with E-state index in [1.165, 1.54) is 18.4 Å². The van der Waals surface area contributed by atoms with Crippen LogP contribution in [-0.2, 0) is 0 Å². The van der Waals surface area contributed by atoms with E-state index in [1.807, 2.05) is 6.07 Å². The maximum Gasteiger partial charge on any atom is 0.175 e. The van der Waals surface area contributed by atoms with E-state index in [1.54, 1.807) is 0 Å². The Labute approximate surface area is 122 Å². The summed E-state index contributed by atoms with van der Waals surface area (Å²) in [4.78, 5) is 0. The highest BCUT2D eigenvalue weighted by Crippen LogP contribution is 2.39. The molecule has 2 aliphatic rings. The molecule has 3 nitrogen and oxygen atoms in total. The monoisotopic (exact) mass is 323 g/mol. The summed E-state index contributed by atoms with van der Waals surface area (Å²) in [7, 11) is 0. The van der Waals surface area contributed by atoms with Crippen LogP contribution in [0.3, 0.4) is 0 Å². The first-order valence-corrected chi connectivity index (χ1v) is 7.51. The normalized spacial score (nSPS) is 18.5. The van der Waals surface area contributed by atoms with Crippen LogP contribution >= 0.6 is 15.9 Å². The van der Waals surface area contributed by atoms with Crippen LogP contribution in [0.1, 0.15) is 25.3 Å². The molecule has 0 saturated heterocycles. The molecule has 0 atom stereocenters. The number of hydrogen-bond acceptors (Lipinski definition) is 3. The van der Waals surface area contributed by atoms with Gasteiger partial charge in [-0.2, -0.15) is 0 Å². The van der Waals surface area contributed by atoms with Crippen LogP contribution < -0.4 is 14.8 Å². The minimum absolute atomic E-state index is 0.616. The highest BCUT2D eigenvalue weighted by Gasteiger charge is 2.20. The number of fused-ring (bicyclic) bond motifs is 1. The molecule has 0 aromatic heterocycles. The van der Waals surface area contributed by atoms with E-state index in [0.29, 0.717) is 13.2 Å². The fraction of sp³-hybridized carbons (Fsp3) is 0.467. The van der Waals surface area contributed by atoms with Crippen molar-refractivity contribution in [1.29, 1.82) is 0 Å². The number of rotatable bonds is 4. The molecule has 1 fully saturated rings. The molecular formula is C15H18BrNO2. The Kier molecular flexibility index (Phi) is 3.80. The third-order valence-corrected chi connectivity index (χ3v) is 3.87. The van der Waals surface area contributed by atoms with Gasteiger partial charge in [0, 0.05) is 12.6 Å². The molecule has 1 aliphatic heterocycles. The average Bonchev–Trinajstić information content (AvgIpc) is 3.20. The Bertz CT molecular complexity index is 509. The number of benzene rings is 1. The van der Waals surface area contributed by atoms with Crippen molar-refractivity contribution in [3.63, 3.8) is 0 Å². The molecule has 1 N–H and O–H groups in total. The van der Waals surface area contributed by atoms with Gasteiger partial charge in [0.25, 0.3) is 0 Å². The van der Waals surface area contributed by atoms with Gasteiger partial charge in [0.2, 0.25) is 0 Å². The molecule has 0 unspecified atom stereocenters. The topological polar surface area (TPSA) is 30.5 Å². The molecule has 0 radical (unpaired) electrons. The van der Waals surface area contributed by atoms with Crippen molar-refractivity contribution in [2.24, 2.45) is 0 Å². The molecule has 0 bridgehead atoms. The molecule has 19 heavy (non-hydrogen) atoms. The van der Waals surface area contributed by atoms with Crippen molar-refractivity contribution in [2.45, 2.75) is 25.8 Å². The zero-order chi connectivity index (χ0) is 13.2. The van der Waals surface area contributed by atoms with Crippen molar-refractivity contribution in [3.05, 3.63) is 27.7 Å². The Morgan fingerprint density at radius 2 is 2.16 bits per heavy atom. The summed E-state index contributed by atoms with van der Waals surface area (Å²) in [5, 5.41) is 3.52. The van der Waals surface area contributed by atoms with E-state index in [9.17, 15) is 0 Å². The Hall–Kier alpha value is -1.00. The minimum atomic E-state index is 0.616. The first kappa shape index (κ1) is 13.0. The molecule has 0 amide bonds. The molecule has 1 aromatic carbocycles. The molecule has 3 rings (SSSR count). The lowest BCUT2D eigenvalue weighted by atomic mass is 10.1. The van der Waals surface area contributed by atoms with Crippen molar-refractivity contribution in [1.82, 2.24) is 5.32 Å². The van der Waals surface area contributed by atoms with E-state index >= 15 is 0 Å². The van der Waals surface area contributed by atoms with Gasteiger partial charge in [0.1, 0.15) is 13.2 Å². The van der Waals surface area contributed by atoms with Crippen LogP contribution in [-0.4, -0.2) is 25.8 Å². The van der Waals surface area contributed by atoms with Crippen LogP contribution in [0.25, 0.3) is 6.08 Å². The van der Waals surface area contributed by atoms with Gasteiger partial charge in [-0.15, -0.1) is 0 Å². The minimum Gasteiger partial charge on any atom is -0.486 e. The van der Waals surface area contributed by atoms with Gasteiger partial charge in [-0.1, -0.05) is 11.6 Å². The van der Waals surface area contributed by atoms with Crippen molar-refractivity contribution in [2.75, 3.05) is 19.8 Å². The van der Waals surface area contributed by atoms with Crippen LogP contribution in [0.2, 0.25) is 0 Å². The van der Waals surface area contributed by atoms with E-state index in [4.69, 9.17) is 9.47 Å². The lowest BCUT2D eigenvalue weighted by Crippen LogP contribution is -2.18. The molecule has 1 saturated carbocycles. The van der Waals surface area contributed by atoms with Gasteiger partial charge < -0.3 is 14.8 Å². The fourth-order valence-corrected chi connectivity index (χ4v) is 2.72. The summed E-state index contributed by atoms with van der Waals surface area (Å²) in [5.74, 6) is 1.65. The predicted octanol–water partition coefficient (Wildman–Crippen LogP) is 3.38. The summed E-state index contributed by atoms with van der Waals surface area (Å²) in [5.41, 5.74) is 2.47. The first-order chi connectivity index (χ1) is 9.22. The first-order valence-electron chi connectivity index (χ1n) is 6.72. The molecule has 0 spiro atoms. The summed E-state index contributed by atoms with van der Waals surface area (Å²) in [6.45, 7) is 4.34. The predicted molar refractivity (Wildman–Crippen MR) is 79.8 cm³/mol. The average molecular weight is 324 g/mol. The van der Waals surface area contributed by atoms with E-state index < -0.39 is 0 Å². The van der Waals surface area contributed by atoms with Gasteiger partial charge in [-0.25, -0.2) is 0 Å². The standard InChI is InChI=1S/C15H18BrNO2/c1-10(9-17-12-2-3-12)6-11-7-13(16)15-14(8-11)18-4-5-19-15/h6-8,12,17H,2-5,9H2,1H3. The molecule has 102 valence electrons. The van der Waals surface area contributed by atoms with Gasteiger partial charge in [0.05, 0.1) is 4.47 Å². The van der Waals surface area contributed by atoms with E-state index in [0.717, 1.165) is 34.1 Å². The van der Waals surface area contributed by atoms with Crippen molar-refractivity contribution >= 4 is 22.0 Å². The molecular weight excluding hydrogens is 306 g/mol. The van der Waals surface area contributed by atoms with Crippen molar-refractivity contribution in [3.8, 4) is 11.5 Å². The fourth-order valence-electron chi connectivity index (χ4n) is 2.14. The molecule has 1 aromatic rings. The van der Waals surface area contributed by atoms with E-state index in [-0.39, 0.29) is 0 Å². The lowest BCUT2D eigenvalue weighted by molar-refractivity contribution is 0.170. The highest BCUT2D eigenvalue weighted by molar-refractivity contribution is 9.10. The maximum absolute atomic E-state index is 5.63. The Morgan fingerprint density at radius 1 is 1.37 bits per heavy atom. The van der Waals surface area contributed by atoms with Gasteiger partial charge in [0.15, 0.2) is 11.5 Å². The third-order valence-electron chi connectivity index (χ3n) is 3.28. The van der Waals surface area contributed by atoms with Crippen LogP contribution in [0.5, 0.6) is 11.5 Å². The quantitative estimate of drug-likeness (QED) is 0.921. The van der Waals surface area contributed by atoms with Crippen LogP contribution in [0.15, 0.2) is 22.2 Å². The number of hydrogen-bond donors (Lipinski definition) is 1. The van der Waals surface area contributed by atoms with Gasteiger partial charge in [-0.3, -0.25) is 0 Å². The highest BCUT2D eigenvalue weighted by atomic mass is 79.9. The van der Waals surface area contributed by atoms with E-state index in [2.05, 4.69) is 40.3 Å². The molecule has 4 heteroatoms. The maximum atomic E-state index is 5.63. The number of ether oxygens (including phenoxy) is 2. The smallest absolute Gasteiger partial charge is 0.175 e. The van der Waals surface area contributed by atoms with Crippen molar-refractivity contribution < 1.29 is 9.47 Å².